The molecule has 0 aromatic heterocycles. The lowest BCUT2D eigenvalue weighted by atomic mass is 9.96. The fraction of sp³-hybridized carbons (Fsp3) is 0.333. The van der Waals surface area contributed by atoms with Crippen molar-refractivity contribution in [1.82, 2.24) is 5.32 Å². The van der Waals surface area contributed by atoms with Gasteiger partial charge in [0.15, 0.2) is 0 Å². The summed E-state index contributed by atoms with van der Waals surface area (Å²) in [6, 6.07) is 16.0. The van der Waals surface area contributed by atoms with Crippen LogP contribution in [0.1, 0.15) is 31.0 Å². The molecule has 2 aromatic carbocycles. The molecule has 0 saturated carbocycles. The Morgan fingerprint density at radius 1 is 1.10 bits per heavy atom. The molecule has 0 amide bonds. The maximum absolute atomic E-state index is 10.0. The Kier molecular flexibility index (Phi) is 5.23. The molecule has 0 aliphatic rings. The lowest BCUT2D eigenvalue weighted by Gasteiger charge is -2.23. The SMILES string of the molecule is COc1ccc(CNC(c2ccccc2)C(C)C)c(O)c1. The van der Waals surface area contributed by atoms with Crippen molar-refractivity contribution in [2.45, 2.75) is 26.4 Å². The normalized spacial score (nSPS) is 12.4. The lowest BCUT2D eigenvalue weighted by Crippen LogP contribution is -2.25. The van der Waals surface area contributed by atoms with Gasteiger partial charge in [0.1, 0.15) is 11.5 Å². The highest BCUT2D eigenvalue weighted by Crippen LogP contribution is 2.26. The average Bonchev–Trinajstić information content (AvgIpc) is 2.49. The summed E-state index contributed by atoms with van der Waals surface area (Å²) in [5, 5.41) is 13.6. The van der Waals surface area contributed by atoms with Crippen molar-refractivity contribution < 1.29 is 9.84 Å². The second-order valence-corrected chi connectivity index (χ2v) is 5.51. The van der Waals surface area contributed by atoms with E-state index in [9.17, 15) is 5.11 Å². The van der Waals surface area contributed by atoms with Gasteiger partial charge in [-0.15, -0.1) is 0 Å². The Morgan fingerprint density at radius 2 is 1.81 bits per heavy atom. The minimum Gasteiger partial charge on any atom is -0.507 e. The smallest absolute Gasteiger partial charge is 0.123 e. The van der Waals surface area contributed by atoms with Gasteiger partial charge in [-0.2, -0.15) is 0 Å². The van der Waals surface area contributed by atoms with Crippen LogP contribution < -0.4 is 10.1 Å². The van der Waals surface area contributed by atoms with Crippen LogP contribution in [0.4, 0.5) is 0 Å². The first-order valence-electron chi connectivity index (χ1n) is 7.26. The number of benzene rings is 2. The molecule has 0 heterocycles. The van der Waals surface area contributed by atoms with E-state index < -0.39 is 0 Å². The first-order chi connectivity index (χ1) is 10.1. The molecule has 3 nitrogen and oxygen atoms in total. The summed E-state index contributed by atoms with van der Waals surface area (Å²) in [5.74, 6) is 1.39. The lowest BCUT2D eigenvalue weighted by molar-refractivity contribution is 0.395. The zero-order valence-electron chi connectivity index (χ0n) is 12.8. The number of aromatic hydroxyl groups is 1. The maximum atomic E-state index is 10.0. The third-order valence-corrected chi connectivity index (χ3v) is 3.63. The Hall–Kier alpha value is -2.00. The highest BCUT2D eigenvalue weighted by molar-refractivity contribution is 5.39. The van der Waals surface area contributed by atoms with Gasteiger partial charge >= 0.3 is 0 Å². The predicted molar refractivity (Wildman–Crippen MR) is 85.5 cm³/mol. The number of ether oxygens (including phenoxy) is 1. The number of phenols is 1. The summed E-state index contributed by atoms with van der Waals surface area (Å²) in [5.41, 5.74) is 2.14. The third-order valence-electron chi connectivity index (χ3n) is 3.63. The van der Waals surface area contributed by atoms with E-state index in [2.05, 4.69) is 43.4 Å². The molecule has 0 spiro atoms. The fourth-order valence-corrected chi connectivity index (χ4v) is 2.44. The molecule has 0 fully saturated rings. The van der Waals surface area contributed by atoms with Gasteiger partial charge in [-0.3, -0.25) is 0 Å². The summed E-state index contributed by atoms with van der Waals surface area (Å²) in [4.78, 5) is 0. The molecule has 0 bridgehead atoms. The summed E-state index contributed by atoms with van der Waals surface area (Å²) in [6.07, 6.45) is 0. The second-order valence-electron chi connectivity index (χ2n) is 5.51. The molecule has 1 unspecified atom stereocenters. The van der Waals surface area contributed by atoms with E-state index in [4.69, 9.17) is 4.74 Å². The highest BCUT2D eigenvalue weighted by atomic mass is 16.5. The van der Waals surface area contributed by atoms with Crippen molar-refractivity contribution in [3.63, 3.8) is 0 Å². The highest BCUT2D eigenvalue weighted by Gasteiger charge is 2.15. The number of hydrogen-bond acceptors (Lipinski definition) is 3. The van der Waals surface area contributed by atoms with Crippen molar-refractivity contribution in [2.75, 3.05) is 7.11 Å². The number of hydrogen-bond donors (Lipinski definition) is 2. The van der Waals surface area contributed by atoms with Gasteiger partial charge in [-0.05, 0) is 17.5 Å². The molecule has 2 aromatic rings. The van der Waals surface area contributed by atoms with E-state index in [0.29, 0.717) is 18.2 Å². The molecule has 0 saturated heterocycles. The molecule has 112 valence electrons. The average molecular weight is 285 g/mol. The maximum Gasteiger partial charge on any atom is 0.123 e. The van der Waals surface area contributed by atoms with E-state index in [1.807, 2.05) is 18.2 Å². The van der Waals surface area contributed by atoms with E-state index in [-0.39, 0.29) is 11.8 Å². The largest absolute Gasteiger partial charge is 0.507 e. The topological polar surface area (TPSA) is 41.5 Å². The first-order valence-corrected chi connectivity index (χ1v) is 7.26. The third kappa shape index (κ3) is 3.99. The fourth-order valence-electron chi connectivity index (χ4n) is 2.44. The molecular weight excluding hydrogens is 262 g/mol. The Labute approximate surface area is 126 Å². The van der Waals surface area contributed by atoms with Gasteiger partial charge in [0.25, 0.3) is 0 Å². The molecule has 2 N–H and O–H groups in total. The minimum atomic E-state index is 0.257. The number of nitrogens with one attached hydrogen (secondary N) is 1. The van der Waals surface area contributed by atoms with Crippen molar-refractivity contribution in [2.24, 2.45) is 5.92 Å². The monoisotopic (exact) mass is 285 g/mol. The molecule has 1 atom stereocenters. The van der Waals surface area contributed by atoms with Crippen molar-refractivity contribution >= 4 is 0 Å². The van der Waals surface area contributed by atoms with Crippen molar-refractivity contribution in [3.8, 4) is 11.5 Å². The van der Waals surface area contributed by atoms with Crippen molar-refractivity contribution in [1.29, 1.82) is 0 Å². The predicted octanol–water partition coefficient (Wildman–Crippen LogP) is 3.89. The van der Waals surface area contributed by atoms with E-state index in [1.54, 1.807) is 13.2 Å². The summed E-state index contributed by atoms with van der Waals surface area (Å²) in [7, 11) is 1.59. The zero-order chi connectivity index (χ0) is 15.2. The number of rotatable bonds is 6. The van der Waals surface area contributed by atoms with Gasteiger partial charge in [-0.25, -0.2) is 0 Å². The second kappa shape index (κ2) is 7.14. The van der Waals surface area contributed by atoms with Crippen LogP contribution >= 0.6 is 0 Å². The van der Waals surface area contributed by atoms with E-state index in [0.717, 1.165) is 5.56 Å². The standard InChI is InChI=1S/C18H23NO2/c1-13(2)18(14-7-5-4-6-8-14)19-12-15-9-10-16(21-3)11-17(15)20/h4-11,13,18-20H,12H2,1-3H3. The number of methoxy groups -OCH3 is 1. The Bertz CT molecular complexity index is 567. The molecule has 21 heavy (non-hydrogen) atoms. The van der Waals surface area contributed by atoms with Crippen molar-refractivity contribution in [3.05, 3.63) is 59.7 Å². The Balaban J connectivity index is 2.09. The number of phenolic OH excluding ortho intramolecular Hbond substituents is 1. The minimum absolute atomic E-state index is 0.257. The molecule has 0 radical (unpaired) electrons. The molecule has 2 rings (SSSR count). The van der Waals surface area contributed by atoms with Crippen LogP contribution in [-0.4, -0.2) is 12.2 Å². The quantitative estimate of drug-likeness (QED) is 0.846. The summed E-state index contributed by atoms with van der Waals surface area (Å²) >= 11 is 0. The molecule has 3 heteroatoms. The van der Waals surface area contributed by atoms with Gasteiger partial charge in [0.2, 0.25) is 0 Å². The zero-order valence-corrected chi connectivity index (χ0v) is 12.8. The van der Waals surface area contributed by atoms with Gasteiger partial charge in [0.05, 0.1) is 7.11 Å². The molecule has 0 aliphatic carbocycles. The van der Waals surface area contributed by atoms with Crippen LogP contribution in [0.3, 0.4) is 0 Å². The van der Waals surface area contributed by atoms with E-state index in [1.165, 1.54) is 5.56 Å². The molecule has 0 aliphatic heterocycles. The van der Waals surface area contributed by atoms with Crippen LogP contribution in [0.5, 0.6) is 11.5 Å². The summed E-state index contributed by atoms with van der Waals surface area (Å²) in [6.45, 7) is 5.00. The van der Waals surface area contributed by atoms with Crippen LogP contribution in [0, 0.1) is 5.92 Å². The summed E-state index contributed by atoms with van der Waals surface area (Å²) < 4.78 is 5.10. The van der Waals surface area contributed by atoms with E-state index >= 15 is 0 Å². The van der Waals surface area contributed by atoms with Gasteiger partial charge in [-0.1, -0.05) is 50.2 Å². The molecular formula is C18H23NO2. The van der Waals surface area contributed by atoms with Crippen LogP contribution in [0.25, 0.3) is 0 Å². The first kappa shape index (κ1) is 15.4. The van der Waals surface area contributed by atoms with Crippen LogP contribution in [-0.2, 0) is 6.54 Å². The van der Waals surface area contributed by atoms with Gasteiger partial charge in [0, 0.05) is 24.2 Å². The van der Waals surface area contributed by atoms with Gasteiger partial charge < -0.3 is 15.2 Å². The van der Waals surface area contributed by atoms with Crippen LogP contribution in [0.15, 0.2) is 48.5 Å². The Morgan fingerprint density at radius 3 is 2.38 bits per heavy atom. The van der Waals surface area contributed by atoms with Crippen LogP contribution in [0.2, 0.25) is 0 Å².